The summed E-state index contributed by atoms with van der Waals surface area (Å²) < 4.78 is 11.4. The minimum atomic E-state index is -0.0572. The maximum atomic E-state index is 12.6. The van der Waals surface area contributed by atoms with Crippen LogP contribution in [-0.4, -0.2) is 24.2 Å². The van der Waals surface area contributed by atoms with Crippen LogP contribution in [0.4, 0.5) is 5.69 Å². The van der Waals surface area contributed by atoms with E-state index in [0.717, 1.165) is 17.7 Å². The first-order chi connectivity index (χ1) is 14.6. The highest BCUT2D eigenvalue weighted by Crippen LogP contribution is 2.38. The zero-order valence-electron chi connectivity index (χ0n) is 16.3. The summed E-state index contributed by atoms with van der Waals surface area (Å²) in [6, 6.07) is 22.3. The number of carbonyl (C=O) groups is 1. The van der Waals surface area contributed by atoms with Gasteiger partial charge in [-0.2, -0.15) is 0 Å². The van der Waals surface area contributed by atoms with Crippen molar-refractivity contribution in [2.45, 2.75) is 18.9 Å². The first kappa shape index (κ1) is 20.3. The third-order valence-corrected chi connectivity index (χ3v) is 5.23. The first-order valence-electron chi connectivity index (χ1n) is 9.83. The average Bonchev–Trinajstić information content (AvgIpc) is 3.16. The van der Waals surface area contributed by atoms with Crippen molar-refractivity contribution < 1.29 is 19.4 Å². The number of amides is 1. The lowest BCUT2D eigenvalue weighted by Gasteiger charge is -2.26. The van der Waals surface area contributed by atoms with Gasteiger partial charge in [-0.25, -0.2) is 0 Å². The van der Waals surface area contributed by atoms with Gasteiger partial charge in [-0.1, -0.05) is 23.7 Å². The summed E-state index contributed by atoms with van der Waals surface area (Å²) >= 11 is 5.91. The fraction of sp³-hybridized carbons (Fsp3) is 0.208. The van der Waals surface area contributed by atoms with E-state index in [1.54, 1.807) is 12.1 Å². The second-order valence-electron chi connectivity index (χ2n) is 7.01. The van der Waals surface area contributed by atoms with Crippen molar-refractivity contribution in [3.63, 3.8) is 0 Å². The Morgan fingerprint density at radius 2 is 1.67 bits per heavy atom. The number of aliphatic hydroxyl groups excluding tert-OH is 1. The van der Waals surface area contributed by atoms with Gasteiger partial charge in [0.1, 0.15) is 23.9 Å². The largest absolute Gasteiger partial charge is 0.491 e. The number of hydrogen-bond donors (Lipinski definition) is 1. The Bertz CT molecular complexity index is 1000. The molecule has 0 saturated carbocycles. The molecule has 0 spiro atoms. The van der Waals surface area contributed by atoms with Crippen molar-refractivity contribution in [2.75, 3.05) is 18.1 Å². The van der Waals surface area contributed by atoms with Gasteiger partial charge in [0.05, 0.1) is 12.6 Å². The molecule has 4 rings (SSSR count). The normalized spacial score (nSPS) is 16.0. The molecule has 1 atom stereocenters. The van der Waals surface area contributed by atoms with Crippen LogP contribution in [-0.2, 0) is 4.79 Å². The van der Waals surface area contributed by atoms with Crippen LogP contribution in [0.25, 0.3) is 0 Å². The number of halogens is 1. The van der Waals surface area contributed by atoms with E-state index in [9.17, 15) is 4.79 Å². The zero-order chi connectivity index (χ0) is 20.9. The quantitative estimate of drug-likeness (QED) is 0.555. The molecule has 1 N–H and O–H groups in total. The number of nitrogens with zero attached hydrogens (tertiary/aromatic N) is 1. The van der Waals surface area contributed by atoms with E-state index < -0.39 is 0 Å². The molecule has 0 aliphatic carbocycles. The molecule has 1 fully saturated rings. The van der Waals surface area contributed by atoms with E-state index in [2.05, 4.69) is 0 Å². The van der Waals surface area contributed by atoms with Crippen molar-refractivity contribution >= 4 is 23.2 Å². The Balaban J connectivity index is 1.53. The lowest BCUT2D eigenvalue weighted by Crippen LogP contribution is -2.27. The minimum absolute atomic E-state index is 0.0390. The predicted octanol–water partition coefficient (Wildman–Crippen LogP) is 5.37. The number of rotatable bonds is 7. The van der Waals surface area contributed by atoms with Gasteiger partial charge < -0.3 is 19.5 Å². The average molecular weight is 424 g/mol. The smallest absolute Gasteiger partial charge is 0.227 e. The van der Waals surface area contributed by atoms with E-state index in [4.69, 9.17) is 26.2 Å². The summed E-state index contributed by atoms with van der Waals surface area (Å²) in [5.74, 6) is 2.16. The molecule has 0 bridgehead atoms. The van der Waals surface area contributed by atoms with Gasteiger partial charge in [-0.3, -0.25) is 4.79 Å². The molecule has 154 valence electrons. The van der Waals surface area contributed by atoms with Crippen LogP contribution in [0.1, 0.15) is 24.4 Å². The van der Waals surface area contributed by atoms with Crippen LogP contribution >= 0.6 is 11.6 Å². The van der Waals surface area contributed by atoms with Crippen molar-refractivity contribution in [2.24, 2.45) is 0 Å². The molecule has 1 saturated heterocycles. The van der Waals surface area contributed by atoms with Crippen LogP contribution in [0.3, 0.4) is 0 Å². The van der Waals surface area contributed by atoms with Crippen LogP contribution in [0.2, 0.25) is 5.02 Å². The Labute approximate surface area is 180 Å². The van der Waals surface area contributed by atoms with Crippen LogP contribution < -0.4 is 14.4 Å². The monoisotopic (exact) mass is 423 g/mol. The summed E-state index contributed by atoms with van der Waals surface area (Å²) in [5, 5.41) is 9.62. The van der Waals surface area contributed by atoms with E-state index in [-0.39, 0.29) is 25.2 Å². The Morgan fingerprint density at radius 3 is 2.37 bits per heavy atom. The lowest BCUT2D eigenvalue weighted by molar-refractivity contribution is -0.117. The molecule has 1 aliphatic rings. The van der Waals surface area contributed by atoms with E-state index in [1.807, 2.05) is 65.6 Å². The zero-order valence-corrected chi connectivity index (χ0v) is 17.1. The van der Waals surface area contributed by atoms with Crippen molar-refractivity contribution in [3.8, 4) is 17.2 Å². The number of anilines is 1. The molecule has 0 aromatic heterocycles. The lowest BCUT2D eigenvalue weighted by atomic mass is 10.0. The van der Waals surface area contributed by atoms with E-state index >= 15 is 0 Å². The highest BCUT2D eigenvalue weighted by molar-refractivity contribution is 6.30. The van der Waals surface area contributed by atoms with Gasteiger partial charge in [-0.05, 0) is 72.6 Å². The Kier molecular flexibility index (Phi) is 6.21. The van der Waals surface area contributed by atoms with Gasteiger partial charge in [-0.15, -0.1) is 0 Å². The first-order valence-corrected chi connectivity index (χ1v) is 10.2. The molecule has 3 aromatic carbocycles. The third-order valence-electron chi connectivity index (χ3n) is 4.98. The molecule has 0 radical (unpaired) electrons. The summed E-state index contributed by atoms with van der Waals surface area (Å²) in [6.07, 6.45) is 1.24. The molecule has 1 heterocycles. The maximum absolute atomic E-state index is 12.6. The fourth-order valence-corrected chi connectivity index (χ4v) is 3.74. The molecule has 30 heavy (non-hydrogen) atoms. The summed E-state index contributed by atoms with van der Waals surface area (Å²) in [4.78, 5) is 14.5. The van der Waals surface area contributed by atoms with Crippen molar-refractivity contribution in [1.29, 1.82) is 0 Å². The van der Waals surface area contributed by atoms with Gasteiger partial charge in [0.25, 0.3) is 0 Å². The molecule has 6 heteroatoms. The minimum Gasteiger partial charge on any atom is -0.491 e. The van der Waals surface area contributed by atoms with Gasteiger partial charge >= 0.3 is 0 Å². The topological polar surface area (TPSA) is 59.0 Å². The highest BCUT2D eigenvalue weighted by Gasteiger charge is 2.33. The highest BCUT2D eigenvalue weighted by atomic mass is 35.5. The fourth-order valence-electron chi connectivity index (χ4n) is 3.61. The Morgan fingerprint density at radius 1 is 0.967 bits per heavy atom. The number of hydrogen-bond acceptors (Lipinski definition) is 4. The van der Waals surface area contributed by atoms with Gasteiger partial charge in [0.15, 0.2) is 0 Å². The summed E-state index contributed by atoms with van der Waals surface area (Å²) in [7, 11) is 0. The van der Waals surface area contributed by atoms with E-state index in [1.165, 1.54) is 0 Å². The molecular formula is C24H22ClNO4. The number of ether oxygens (including phenoxy) is 2. The predicted molar refractivity (Wildman–Crippen MR) is 116 cm³/mol. The van der Waals surface area contributed by atoms with Crippen molar-refractivity contribution in [3.05, 3.63) is 83.4 Å². The summed E-state index contributed by atoms with van der Waals surface area (Å²) in [5.41, 5.74) is 1.84. The molecule has 5 nitrogen and oxygen atoms in total. The number of carbonyl (C=O) groups excluding carboxylic acids is 1. The molecule has 0 unspecified atom stereocenters. The van der Waals surface area contributed by atoms with Gasteiger partial charge in [0.2, 0.25) is 5.91 Å². The summed E-state index contributed by atoms with van der Waals surface area (Å²) in [6.45, 7) is 0.203. The maximum Gasteiger partial charge on any atom is 0.227 e. The molecule has 3 aromatic rings. The number of aliphatic hydroxyl groups is 1. The van der Waals surface area contributed by atoms with Crippen LogP contribution in [0.15, 0.2) is 72.8 Å². The second kappa shape index (κ2) is 9.20. The SMILES string of the molecule is O=C1CC[C@H](c2cccc(OCCO)c2)N1c1ccc(Oc2ccc(Cl)cc2)cc1. The molecule has 1 amide bonds. The van der Waals surface area contributed by atoms with Gasteiger partial charge in [0, 0.05) is 17.1 Å². The van der Waals surface area contributed by atoms with Crippen LogP contribution in [0.5, 0.6) is 17.2 Å². The third kappa shape index (κ3) is 4.58. The van der Waals surface area contributed by atoms with E-state index in [0.29, 0.717) is 28.7 Å². The molecular weight excluding hydrogens is 402 g/mol. The van der Waals surface area contributed by atoms with Crippen molar-refractivity contribution in [1.82, 2.24) is 0 Å². The van der Waals surface area contributed by atoms with Crippen LogP contribution in [0, 0.1) is 0 Å². The number of benzene rings is 3. The molecule has 1 aliphatic heterocycles. The standard InChI is InChI=1S/C24H22ClNO4/c25-18-4-8-20(9-5-18)30-21-10-6-19(7-11-21)26-23(12-13-24(26)28)17-2-1-3-22(16-17)29-15-14-27/h1-11,16,23,27H,12-15H2/t23-/m1/s1. The second-order valence-corrected chi connectivity index (χ2v) is 7.45. The Hall–Kier alpha value is -3.02.